The minimum Gasteiger partial charge on any atom is -0.480 e. The van der Waals surface area contributed by atoms with Gasteiger partial charge >= 0.3 is 5.97 Å². The van der Waals surface area contributed by atoms with E-state index in [0.717, 1.165) is 5.56 Å². The van der Waals surface area contributed by atoms with Crippen LogP contribution in [0.5, 0.6) is 0 Å². The second kappa shape index (κ2) is 9.61. The van der Waals surface area contributed by atoms with Gasteiger partial charge in [-0.05, 0) is 37.8 Å². The molecule has 0 aliphatic rings. The largest absolute Gasteiger partial charge is 0.480 e. The predicted octanol–water partition coefficient (Wildman–Crippen LogP) is 2.29. The molecule has 0 saturated carbocycles. The standard InChI is InChI=1S/C19H26N2O4/c1-5-6-11-15(19(24)25)20-18(23)16(12(2)3)21-17(22)14-10-8-7-9-13(14)4/h5-10,12,15-16H,11H2,1-4H3,(H,20,23)(H,21,22)(H,24,25)/b6-5+. The Morgan fingerprint density at radius 1 is 1.16 bits per heavy atom. The lowest BCUT2D eigenvalue weighted by Crippen LogP contribution is -2.53. The first-order chi connectivity index (χ1) is 11.8. The van der Waals surface area contributed by atoms with E-state index < -0.39 is 24.0 Å². The van der Waals surface area contributed by atoms with Crippen molar-refractivity contribution in [1.82, 2.24) is 10.6 Å². The molecule has 0 spiro atoms. The molecule has 2 atom stereocenters. The van der Waals surface area contributed by atoms with Crippen molar-refractivity contribution in [3.63, 3.8) is 0 Å². The maximum Gasteiger partial charge on any atom is 0.326 e. The Bertz CT molecular complexity index is 653. The smallest absolute Gasteiger partial charge is 0.326 e. The Morgan fingerprint density at radius 3 is 2.32 bits per heavy atom. The van der Waals surface area contributed by atoms with Gasteiger partial charge in [-0.15, -0.1) is 0 Å². The van der Waals surface area contributed by atoms with E-state index in [-0.39, 0.29) is 18.2 Å². The molecule has 136 valence electrons. The third-order valence-corrected chi connectivity index (χ3v) is 3.85. The molecule has 6 heteroatoms. The van der Waals surface area contributed by atoms with Crippen LogP contribution in [0.25, 0.3) is 0 Å². The van der Waals surface area contributed by atoms with Crippen LogP contribution in [0.3, 0.4) is 0 Å². The van der Waals surface area contributed by atoms with Crippen molar-refractivity contribution < 1.29 is 19.5 Å². The number of hydrogen-bond donors (Lipinski definition) is 3. The van der Waals surface area contributed by atoms with Gasteiger partial charge in [-0.2, -0.15) is 0 Å². The van der Waals surface area contributed by atoms with Gasteiger partial charge in [-0.25, -0.2) is 4.79 Å². The highest BCUT2D eigenvalue weighted by Gasteiger charge is 2.28. The summed E-state index contributed by atoms with van der Waals surface area (Å²) >= 11 is 0. The minimum atomic E-state index is -1.11. The molecule has 0 aliphatic heterocycles. The summed E-state index contributed by atoms with van der Waals surface area (Å²) in [6.07, 6.45) is 3.59. The average Bonchev–Trinajstić information content (AvgIpc) is 2.55. The van der Waals surface area contributed by atoms with Crippen molar-refractivity contribution in [2.45, 2.75) is 46.2 Å². The molecule has 2 amide bonds. The van der Waals surface area contributed by atoms with Crippen molar-refractivity contribution in [3.05, 3.63) is 47.5 Å². The lowest BCUT2D eigenvalue weighted by molar-refractivity contribution is -0.142. The highest BCUT2D eigenvalue weighted by atomic mass is 16.4. The lowest BCUT2D eigenvalue weighted by atomic mass is 10.0. The fourth-order valence-electron chi connectivity index (χ4n) is 2.34. The number of nitrogens with one attached hydrogen (secondary N) is 2. The normalized spacial score (nSPS) is 13.5. The monoisotopic (exact) mass is 346 g/mol. The number of aliphatic carboxylic acids is 1. The van der Waals surface area contributed by atoms with Crippen molar-refractivity contribution >= 4 is 17.8 Å². The molecule has 3 N–H and O–H groups in total. The van der Waals surface area contributed by atoms with E-state index in [2.05, 4.69) is 10.6 Å². The molecule has 0 fully saturated rings. The topological polar surface area (TPSA) is 95.5 Å². The first-order valence-corrected chi connectivity index (χ1v) is 8.28. The van der Waals surface area contributed by atoms with Gasteiger partial charge in [0.1, 0.15) is 12.1 Å². The molecule has 0 aliphatic carbocycles. The van der Waals surface area contributed by atoms with Crippen LogP contribution in [0.4, 0.5) is 0 Å². The van der Waals surface area contributed by atoms with Gasteiger partial charge < -0.3 is 15.7 Å². The number of carbonyl (C=O) groups excluding carboxylic acids is 2. The zero-order chi connectivity index (χ0) is 19.0. The summed E-state index contributed by atoms with van der Waals surface area (Å²) in [5.74, 6) is -2.16. The molecular weight excluding hydrogens is 320 g/mol. The quantitative estimate of drug-likeness (QED) is 0.629. The maximum atomic E-state index is 12.5. The third-order valence-electron chi connectivity index (χ3n) is 3.85. The average molecular weight is 346 g/mol. The van der Waals surface area contributed by atoms with Gasteiger partial charge in [0, 0.05) is 5.56 Å². The lowest BCUT2D eigenvalue weighted by Gasteiger charge is -2.24. The summed E-state index contributed by atoms with van der Waals surface area (Å²) < 4.78 is 0. The summed E-state index contributed by atoms with van der Waals surface area (Å²) in [6, 6.07) is 5.24. The summed E-state index contributed by atoms with van der Waals surface area (Å²) in [5.41, 5.74) is 1.30. The van der Waals surface area contributed by atoms with Crippen molar-refractivity contribution in [2.24, 2.45) is 5.92 Å². The van der Waals surface area contributed by atoms with Crippen LogP contribution in [-0.4, -0.2) is 35.0 Å². The Kier molecular flexibility index (Phi) is 7.85. The second-order valence-corrected chi connectivity index (χ2v) is 6.21. The summed E-state index contributed by atoms with van der Waals surface area (Å²) in [5, 5.41) is 14.4. The third kappa shape index (κ3) is 6.06. The van der Waals surface area contributed by atoms with E-state index in [1.807, 2.05) is 19.1 Å². The van der Waals surface area contributed by atoms with Gasteiger partial charge in [-0.3, -0.25) is 9.59 Å². The van der Waals surface area contributed by atoms with Gasteiger partial charge in [-0.1, -0.05) is 44.2 Å². The Labute approximate surface area is 148 Å². The predicted molar refractivity (Wildman–Crippen MR) is 96.3 cm³/mol. The van der Waals surface area contributed by atoms with Crippen molar-refractivity contribution in [1.29, 1.82) is 0 Å². The van der Waals surface area contributed by atoms with Crippen LogP contribution in [0, 0.1) is 12.8 Å². The Morgan fingerprint density at radius 2 is 1.80 bits per heavy atom. The number of carbonyl (C=O) groups is 3. The molecule has 0 radical (unpaired) electrons. The first-order valence-electron chi connectivity index (χ1n) is 8.28. The van der Waals surface area contributed by atoms with Crippen LogP contribution >= 0.6 is 0 Å². The van der Waals surface area contributed by atoms with E-state index in [1.165, 1.54) is 0 Å². The number of hydrogen-bond acceptors (Lipinski definition) is 3. The molecule has 0 saturated heterocycles. The number of carboxylic acids is 1. The van der Waals surface area contributed by atoms with E-state index >= 15 is 0 Å². The van der Waals surface area contributed by atoms with Crippen LogP contribution < -0.4 is 10.6 Å². The SMILES string of the molecule is C/C=C/CC(NC(=O)C(NC(=O)c1ccccc1C)C(C)C)C(=O)O. The van der Waals surface area contributed by atoms with Crippen LogP contribution in [-0.2, 0) is 9.59 Å². The summed E-state index contributed by atoms with van der Waals surface area (Å²) in [4.78, 5) is 36.2. The number of benzene rings is 1. The van der Waals surface area contributed by atoms with E-state index in [4.69, 9.17) is 0 Å². The molecule has 25 heavy (non-hydrogen) atoms. The number of rotatable bonds is 8. The number of amides is 2. The highest BCUT2D eigenvalue weighted by Crippen LogP contribution is 2.10. The molecule has 2 unspecified atom stereocenters. The highest BCUT2D eigenvalue weighted by molar-refractivity contribution is 5.99. The number of allylic oxidation sites excluding steroid dienone is 1. The number of carboxylic acid groups (broad SMARTS) is 1. The molecule has 0 bridgehead atoms. The van der Waals surface area contributed by atoms with Gasteiger partial charge in [0.25, 0.3) is 5.91 Å². The van der Waals surface area contributed by atoms with Gasteiger partial charge in [0.15, 0.2) is 0 Å². The fourth-order valence-corrected chi connectivity index (χ4v) is 2.34. The molecule has 6 nitrogen and oxygen atoms in total. The second-order valence-electron chi connectivity index (χ2n) is 6.21. The van der Waals surface area contributed by atoms with E-state index in [9.17, 15) is 19.5 Å². The molecule has 1 aromatic carbocycles. The molecule has 0 heterocycles. The zero-order valence-corrected chi connectivity index (χ0v) is 15.1. The van der Waals surface area contributed by atoms with Crippen LogP contribution in [0.1, 0.15) is 43.1 Å². The van der Waals surface area contributed by atoms with E-state index in [1.54, 1.807) is 45.1 Å². The summed E-state index contributed by atoms with van der Waals surface area (Å²) in [6.45, 7) is 7.19. The van der Waals surface area contributed by atoms with Crippen LogP contribution in [0.15, 0.2) is 36.4 Å². The Balaban J connectivity index is 2.88. The molecular formula is C19H26N2O4. The molecule has 0 aromatic heterocycles. The molecule has 1 rings (SSSR count). The van der Waals surface area contributed by atoms with Gasteiger partial charge in [0.2, 0.25) is 5.91 Å². The number of aryl methyl sites for hydroxylation is 1. The zero-order valence-electron chi connectivity index (χ0n) is 15.1. The maximum absolute atomic E-state index is 12.5. The summed E-state index contributed by atoms with van der Waals surface area (Å²) in [7, 11) is 0. The van der Waals surface area contributed by atoms with Gasteiger partial charge in [0.05, 0.1) is 0 Å². The van der Waals surface area contributed by atoms with Crippen molar-refractivity contribution in [2.75, 3.05) is 0 Å². The van der Waals surface area contributed by atoms with Crippen LogP contribution in [0.2, 0.25) is 0 Å². The van der Waals surface area contributed by atoms with Crippen molar-refractivity contribution in [3.8, 4) is 0 Å². The van der Waals surface area contributed by atoms with E-state index in [0.29, 0.717) is 5.56 Å². The fraction of sp³-hybridized carbons (Fsp3) is 0.421. The molecule has 1 aromatic rings. The minimum absolute atomic E-state index is 0.189. The Hall–Kier alpha value is -2.63. The first kappa shape index (κ1) is 20.4.